The molecule has 1 saturated carbocycles. The van der Waals surface area contributed by atoms with Gasteiger partial charge in [-0.3, -0.25) is 10.1 Å². The summed E-state index contributed by atoms with van der Waals surface area (Å²) in [5, 5.41) is 14.2. The zero-order chi connectivity index (χ0) is 14.4. The van der Waals surface area contributed by atoms with Gasteiger partial charge in [0.05, 0.1) is 4.92 Å². The van der Waals surface area contributed by atoms with Gasteiger partial charge in [0.15, 0.2) is 0 Å². The first-order valence-electron chi connectivity index (χ1n) is 7.65. The molecule has 4 heteroatoms. The molecule has 0 bridgehead atoms. The summed E-state index contributed by atoms with van der Waals surface area (Å²) in [5.41, 5.74) is 1.32. The molecule has 1 aliphatic carbocycles. The van der Waals surface area contributed by atoms with Gasteiger partial charge in [0.1, 0.15) is 0 Å². The molecule has 4 nitrogen and oxygen atoms in total. The van der Waals surface area contributed by atoms with E-state index in [1.807, 2.05) is 12.1 Å². The Hall–Kier alpha value is -1.42. The Morgan fingerprint density at radius 2 is 1.85 bits per heavy atom. The fraction of sp³-hybridized carbons (Fsp3) is 0.625. The molecule has 1 aromatic rings. The summed E-state index contributed by atoms with van der Waals surface area (Å²) in [6, 6.07) is 7.54. The highest BCUT2D eigenvalue weighted by Crippen LogP contribution is 2.26. The maximum Gasteiger partial charge on any atom is 0.269 e. The van der Waals surface area contributed by atoms with Gasteiger partial charge in [-0.05, 0) is 50.1 Å². The lowest BCUT2D eigenvalue weighted by Gasteiger charge is -2.28. The highest BCUT2D eigenvalue weighted by atomic mass is 16.6. The number of benzene rings is 1. The van der Waals surface area contributed by atoms with E-state index in [2.05, 4.69) is 12.2 Å². The molecule has 2 rings (SSSR count). The zero-order valence-corrected chi connectivity index (χ0v) is 12.2. The third-order valence-corrected chi connectivity index (χ3v) is 4.42. The molecule has 0 amide bonds. The molecule has 0 spiro atoms. The highest BCUT2D eigenvalue weighted by molar-refractivity contribution is 5.32. The lowest BCUT2D eigenvalue weighted by atomic mass is 9.84. The van der Waals surface area contributed by atoms with E-state index in [9.17, 15) is 10.1 Å². The molecule has 0 saturated heterocycles. The average Bonchev–Trinajstić information content (AvgIpc) is 2.48. The molecule has 0 atom stereocenters. The van der Waals surface area contributed by atoms with Crippen molar-refractivity contribution in [2.75, 3.05) is 6.54 Å². The summed E-state index contributed by atoms with van der Waals surface area (Å²) in [6.45, 7) is 3.24. The number of non-ortho nitro benzene ring substituents is 1. The lowest BCUT2D eigenvalue weighted by molar-refractivity contribution is -0.384. The molecule has 0 aromatic heterocycles. The standard InChI is InChI=1S/C16H24N2O2/c1-2-13-3-7-15(8-4-13)17-12-11-14-5-9-16(10-6-14)18(19)20/h5-6,9-10,13,15,17H,2-4,7-8,11-12H2,1H3. The van der Waals surface area contributed by atoms with Crippen LogP contribution in [0, 0.1) is 16.0 Å². The quantitative estimate of drug-likeness (QED) is 0.636. The topological polar surface area (TPSA) is 55.2 Å². The molecule has 1 N–H and O–H groups in total. The van der Waals surface area contributed by atoms with Gasteiger partial charge in [0, 0.05) is 18.2 Å². The first kappa shape index (κ1) is 15.0. The summed E-state index contributed by atoms with van der Waals surface area (Å²) < 4.78 is 0. The molecular weight excluding hydrogens is 252 g/mol. The number of rotatable bonds is 6. The van der Waals surface area contributed by atoms with Crippen LogP contribution in [0.15, 0.2) is 24.3 Å². The van der Waals surface area contributed by atoms with E-state index >= 15 is 0 Å². The van der Waals surface area contributed by atoms with Crippen molar-refractivity contribution in [1.29, 1.82) is 0 Å². The van der Waals surface area contributed by atoms with E-state index in [0.717, 1.165) is 24.4 Å². The van der Waals surface area contributed by atoms with Crippen molar-refractivity contribution < 1.29 is 4.92 Å². The van der Waals surface area contributed by atoms with Crippen molar-refractivity contribution >= 4 is 5.69 Å². The maximum atomic E-state index is 10.6. The predicted molar refractivity (Wildman–Crippen MR) is 80.8 cm³/mol. The molecule has 1 aliphatic rings. The van der Waals surface area contributed by atoms with E-state index in [0.29, 0.717) is 6.04 Å². The second kappa shape index (κ2) is 7.39. The summed E-state index contributed by atoms with van der Waals surface area (Å²) in [7, 11) is 0. The molecule has 1 fully saturated rings. The zero-order valence-electron chi connectivity index (χ0n) is 12.2. The number of nitro groups is 1. The van der Waals surface area contributed by atoms with Crippen molar-refractivity contribution in [2.24, 2.45) is 5.92 Å². The van der Waals surface area contributed by atoms with Crippen molar-refractivity contribution in [3.05, 3.63) is 39.9 Å². The number of hydrogen-bond acceptors (Lipinski definition) is 3. The predicted octanol–water partition coefficient (Wildman–Crippen LogP) is 3.70. The fourth-order valence-corrected chi connectivity index (χ4v) is 2.98. The molecule has 0 unspecified atom stereocenters. The SMILES string of the molecule is CCC1CCC(NCCc2ccc([N+](=O)[O-])cc2)CC1. The molecule has 0 heterocycles. The Kier molecular flexibility index (Phi) is 5.53. The van der Waals surface area contributed by atoms with E-state index < -0.39 is 0 Å². The Balaban J connectivity index is 1.69. The Bertz CT molecular complexity index is 423. The number of hydrogen-bond donors (Lipinski definition) is 1. The second-order valence-electron chi connectivity index (χ2n) is 5.75. The van der Waals surface area contributed by atoms with Crippen LogP contribution in [0.5, 0.6) is 0 Å². The van der Waals surface area contributed by atoms with Crippen LogP contribution < -0.4 is 5.32 Å². The van der Waals surface area contributed by atoms with Gasteiger partial charge in [0.2, 0.25) is 0 Å². The molecule has 20 heavy (non-hydrogen) atoms. The maximum absolute atomic E-state index is 10.6. The van der Waals surface area contributed by atoms with Crippen LogP contribution in [0.4, 0.5) is 5.69 Å². The van der Waals surface area contributed by atoms with Gasteiger partial charge in [-0.1, -0.05) is 25.5 Å². The Morgan fingerprint density at radius 3 is 2.40 bits per heavy atom. The summed E-state index contributed by atoms with van der Waals surface area (Å²) >= 11 is 0. The van der Waals surface area contributed by atoms with Crippen molar-refractivity contribution in [3.8, 4) is 0 Å². The Morgan fingerprint density at radius 1 is 1.20 bits per heavy atom. The normalized spacial score (nSPS) is 22.6. The molecular formula is C16H24N2O2. The first-order valence-corrected chi connectivity index (χ1v) is 7.65. The average molecular weight is 276 g/mol. The smallest absolute Gasteiger partial charge is 0.269 e. The van der Waals surface area contributed by atoms with Crippen LogP contribution in [0.25, 0.3) is 0 Å². The van der Waals surface area contributed by atoms with E-state index in [1.54, 1.807) is 12.1 Å². The van der Waals surface area contributed by atoms with E-state index in [1.165, 1.54) is 32.1 Å². The minimum absolute atomic E-state index is 0.166. The van der Waals surface area contributed by atoms with Crippen LogP contribution in [-0.2, 0) is 6.42 Å². The third-order valence-electron chi connectivity index (χ3n) is 4.42. The van der Waals surface area contributed by atoms with Crippen LogP contribution >= 0.6 is 0 Å². The van der Waals surface area contributed by atoms with Crippen LogP contribution in [0.2, 0.25) is 0 Å². The highest BCUT2D eigenvalue weighted by Gasteiger charge is 2.19. The molecule has 110 valence electrons. The van der Waals surface area contributed by atoms with Gasteiger partial charge in [-0.2, -0.15) is 0 Å². The molecule has 1 aromatic carbocycles. The van der Waals surface area contributed by atoms with E-state index in [4.69, 9.17) is 0 Å². The fourth-order valence-electron chi connectivity index (χ4n) is 2.98. The summed E-state index contributed by atoms with van der Waals surface area (Å²) in [6.07, 6.45) is 7.54. The number of nitrogens with one attached hydrogen (secondary N) is 1. The molecule has 0 radical (unpaired) electrons. The van der Waals surface area contributed by atoms with Crippen LogP contribution in [0.3, 0.4) is 0 Å². The molecule has 0 aliphatic heterocycles. The largest absolute Gasteiger partial charge is 0.314 e. The van der Waals surface area contributed by atoms with Crippen LogP contribution in [-0.4, -0.2) is 17.5 Å². The first-order chi connectivity index (χ1) is 9.69. The van der Waals surface area contributed by atoms with Gasteiger partial charge in [-0.15, -0.1) is 0 Å². The third kappa shape index (κ3) is 4.30. The summed E-state index contributed by atoms with van der Waals surface area (Å²) in [5.74, 6) is 0.933. The summed E-state index contributed by atoms with van der Waals surface area (Å²) in [4.78, 5) is 10.2. The van der Waals surface area contributed by atoms with Gasteiger partial charge >= 0.3 is 0 Å². The van der Waals surface area contributed by atoms with Gasteiger partial charge in [0.25, 0.3) is 5.69 Å². The van der Waals surface area contributed by atoms with E-state index in [-0.39, 0.29) is 10.6 Å². The van der Waals surface area contributed by atoms with Crippen molar-refractivity contribution in [3.63, 3.8) is 0 Å². The van der Waals surface area contributed by atoms with Crippen molar-refractivity contribution in [1.82, 2.24) is 5.32 Å². The minimum atomic E-state index is -0.353. The number of nitrogens with zero attached hydrogens (tertiary/aromatic N) is 1. The monoisotopic (exact) mass is 276 g/mol. The van der Waals surface area contributed by atoms with Crippen LogP contribution in [0.1, 0.15) is 44.6 Å². The minimum Gasteiger partial charge on any atom is -0.314 e. The van der Waals surface area contributed by atoms with Crippen molar-refractivity contribution in [2.45, 2.75) is 51.5 Å². The van der Waals surface area contributed by atoms with Gasteiger partial charge in [-0.25, -0.2) is 0 Å². The number of nitro benzene ring substituents is 1. The lowest BCUT2D eigenvalue weighted by Crippen LogP contribution is -2.34. The second-order valence-corrected chi connectivity index (χ2v) is 5.75. The Labute approximate surface area is 120 Å². The van der Waals surface area contributed by atoms with Gasteiger partial charge < -0.3 is 5.32 Å².